The van der Waals surface area contributed by atoms with E-state index in [1.807, 2.05) is 18.2 Å². The Morgan fingerprint density at radius 1 is 1.14 bits per heavy atom. The first kappa shape index (κ1) is 20.4. The lowest BCUT2D eigenvalue weighted by Crippen LogP contribution is -2.24. The second-order valence-electron chi connectivity index (χ2n) is 5.93. The topological polar surface area (TPSA) is 70.4 Å². The van der Waals surface area contributed by atoms with Crippen molar-refractivity contribution < 1.29 is 14.3 Å². The number of nitrogens with zero attached hydrogens (tertiary/aromatic N) is 2. The van der Waals surface area contributed by atoms with E-state index >= 15 is 0 Å². The maximum Gasteiger partial charge on any atom is 0.330 e. The highest BCUT2D eigenvalue weighted by molar-refractivity contribution is 6.32. The number of halogens is 1. The number of ether oxygens (including phenoxy) is 2. The first-order valence-electron chi connectivity index (χ1n) is 8.92. The standard InChI is InChI=1S/C22H19ClN2O4/c1-3-29-19(26)14-13-18-22(27)25(16-7-5-4-6-8-16)20(21(23)24-18)15-9-11-17(28-2)12-10-15/h4-14H,3H2,1-2H3. The molecule has 0 saturated carbocycles. The van der Waals surface area contributed by atoms with Crippen molar-refractivity contribution in [2.45, 2.75) is 6.92 Å². The van der Waals surface area contributed by atoms with Gasteiger partial charge in [-0.1, -0.05) is 29.8 Å². The van der Waals surface area contributed by atoms with Crippen LogP contribution in [0.4, 0.5) is 0 Å². The van der Waals surface area contributed by atoms with E-state index in [-0.39, 0.29) is 17.5 Å². The summed E-state index contributed by atoms with van der Waals surface area (Å²) < 4.78 is 11.5. The molecule has 0 aliphatic carbocycles. The minimum absolute atomic E-state index is 0.0316. The van der Waals surface area contributed by atoms with Gasteiger partial charge in [-0.15, -0.1) is 0 Å². The van der Waals surface area contributed by atoms with Crippen molar-refractivity contribution in [2.24, 2.45) is 0 Å². The summed E-state index contributed by atoms with van der Waals surface area (Å²) in [7, 11) is 1.58. The SMILES string of the molecule is CCOC(=O)C=Cc1nc(Cl)c(-c2ccc(OC)cc2)n(-c2ccccc2)c1=O. The van der Waals surface area contributed by atoms with Gasteiger partial charge in [0.2, 0.25) is 0 Å². The van der Waals surface area contributed by atoms with Gasteiger partial charge in [-0.25, -0.2) is 9.78 Å². The summed E-state index contributed by atoms with van der Waals surface area (Å²) in [5, 5.41) is 0.127. The Kier molecular flexibility index (Phi) is 6.46. The number of rotatable bonds is 6. The molecule has 1 heterocycles. The highest BCUT2D eigenvalue weighted by Gasteiger charge is 2.17. The molecule has 7 heteroatoms. The zero-order valence-corrected chi connectivity index (χ0v) is 16.7. The Morgan fingerprint density at radius 3 is 2.45 bits per heavy atom. The lowest BCUT2D eigenvalue weighted by atomic mass is 10.1. The fourth-order valence-corrected chi connectivity index (χ4v) is 3.07. The molecule has 0 fully saturated rings. The van der Waals surface area contributed by atoms with Gasteiger partial charge in [-0.2, -0.15) is 0 Å². The number of hydrogen-bond acceptors (Lipinski definition) is 5. The number of carbonyl (C=O) groups is 1. The molecule has 0 atom stereocenters. The van der Waals surface area contributed by atoms with Crippen LogP contribution in [0.2, 0.25) is 5.15 Å². The monoisotopic (exact) mass is 410 g/mol. The van der Waals surface area contributed by atoms with Gasteiger partial charge in [0.25, 0.3) is 5.56 Å². The highest BCUT2D eigenvalue weighted by Crippen LogP contribution is 2.29. The third-order valence-electron chi connectivity index (χ3n) is 4.10. The van der Waals surface area contributed by atoms with E-state index in [4.69, 9.17) is 21.1 Å². The van der Waals surface area contributed by atoms with E-state index in [0.717, 1.165) is 6.08 Å². The second kappa shape index (κ2) is 9.21. The molecule has 2 aromatic carbocycles. The number of benzene rings is 2. The molecule has 0 bridgehead atoms. The average molecular weight is 411 g/mol. The maximum atomic E-state index is 13.2. The third-order valence-corrected chi connectivity index (χ3v) is 4.37. The summed E-state index contributed by atoms with van der Waals surface area (Å²) >= 11 is 6.49. The van der Waals surface area contributed by atoms with Gasteiger partial charge >= 0.3 is 5.97 Å². The van der Waals surface area contributed by atoms with Gasteiger partial charge < -0.3 is 9.47 Å². The fourth-order valence-electron chi connectivity index (χ4n) is 2.78. The van der Waals surface area contributed by atoms with Crippen molar-refractivity contribution >= 4 is 23.6 Å². The van der Waals surface area contributed by atoms with Crippen LogP contribution >= 0.6 is 11.6 Å². The molecule has 0 unspecified atom stereocenters. The molecular weight excluding hydrogens is 392 g/mol. The van der Waals surface area contributed by atoms with E-state index in [1.54, 1.807) is 50.4 Å². The molecule has 6 nitrogen and oxygen atoms in total. The quantitative estimate of drug-likeness (QED) is 0.451. The predicted molar refractivity (Wildman–Crippen MR) is 112 cm³/mol. The van der Waals surface area contributed by atoms with Gasteiger partial charge in [0.05, 0.1) is 19.4 Å². The molecule has 3 rings (SSSR count). The van der Waals surface area contributed by atoms with Crippen LogP contribution in [0.25, 0.3) is 23.0 Å². The zero-order valence-electron chi connectivity index (χ0n) is 16.0. The number of esters is 1. The van der Waals surface area contributed by atoms with Crippen LogP contribution in [0.15, 0.2) is 65.5 Å². The first-order chi connectivity index (χ1) is 14.0. The van der Waals surface area contributed by atoms with Crippen LogP contribution in [0, 0.1) is 0 Å². The number of aromatic nitrogens is 2. The predicted octanol–water partition coefficient (Wildman–Crippen LogP) is 4.14. The Morgan fingerprint density at radius 2 is 1.83 bits per heavy atom. The van der Waals surface area contributed by atoms with Crippen molar-refractivity contribution in [1.82, 2.24) is 9.55 Å². The van der Waals surface area contributed by atoms with Crippen LogP contribution in [-0.2, 0) is 9.53 Å². The number of methoxy groups -OCH3 is 1. The minimum Gasteiger partial charge on any atom is -0.497 e. The van der Waals surface area contributed by atoms with Crippen molar-refractivity contribution in [3.63, 3.8) is 0 Å². The van der Waals surface area contributed by atoms with Crippen LogP contribution in [0.1, 0.15) is 12.6 Å². The summed E-state index contributed by atoms with van der Waals surface area (Å²) in [5.74, 6) is 0.121. The Balaban J connectivity index is 2.21. The average Bonchev–Trinajstić information content (AvgIpc) is 2.74. The van der Waals surface area contributed by atoms with Crippen molar-refractivity contribution in [2.75, 3.05) is 13.7 Å². The normalized spacial score (nSPS) is 10.9. The zero-order chi connectivity index (χ0) is 20.8. The summed E-state index contributed by atoms with van der Waals surface area (Å²) in [6.07, 6.45) is 2.47. The molecule has 3 aromatic rings. The van der Waals surface area contributed by atoms with Crippen molar-refractivity contribution in [3.05, 3.63) is 81.9 Å². The molecule has 0 aliphatic heterocycles. The Bertz CT molecular complexity index is 1090. The Labute approximate surface area is 173 Å². The van der Waals surface area contributed by atoms with Crippen LogP contribution in [0.3, 0.4) is 0 Å². The van der Waals surface area contributed by atoms with E-state index in [9.17, 15) is 9.59 Å². The number of carbonyl (C=O) groups excluding carboxylic acids is 1. The van der Waals surface area contributed by atoms with E-state index < -0.39 is 11.5 Å². The van der Waals surface area contributed by atoms with Gasteiger partial charge in [0.1, 0.15) is 11.4 Å². The lowest BCUT2D eigenvalue weighted by Gasteiger charge is -2.15. The molecule has 0 radical (unpaired) electrons. The molecule has 1 aromatic heterocycles. The summed E-state index contributed by atoms with van der Waals surface area (Å²) in [6.45, 7) is 1.94. The highest BCUT2D eigenvalue weighted by atomic mass is 35.5. The van der Waals surface area contributed by atoms with Gasteiger partial charge in [0.15, 0.2) is 5.15 Å². The van der Waals surface area contributed by atoms with Crippen molar-refractivity contribution in [3.8, 4) is 22.7 Å². The van der Waals surface area contributed by atoms with Gasteiger partial charge in [-0.05, 0) is 49.4 Å². The molecule has 0 saturated heterocycles. The van der Waals surface area contributed by atoms with Gasteiger partial charge in [-0.3, -0.25) is 9.36 Å². The maximum absolute atomic E-state index is 13.2. The Hall–Kier alpha value is -3.38. The second-order valence-corrected chi connectivity index (χ2v) is 6.28. The summed E-state index contributed by atoms with van der Waals surface area (Å²) in [6, 6.07) is 16.2. The largest absolute Gasteiger partial charge is 0.497 e. The van der Waals surface area contributed by atoms with Crippen LogP contribution in [-0.4, -0.2) is 29.2 Å². The van der Waals surface area contributed by atoms with E-state index in [2.05, 4.69) is 4.98 Å². The molecule has 0 aliphatic rings. The van der Waals surface area contributed by atoms with Crippen LogP contribution in [0.5, 0.6) is 5.75 Å². The minimum atomic E-state index is -0.560. The molecule has 0 spiro atoms. The summed E-state index contributed by atoms with van der Waals surface area (Å²) in [5.41, 5.74) is 1.39. The third kappa shape index (κ3) is 4.55. The fraction of sp³-hybridized carbons (Fsp3) is 0.136. The molecule has 29 heavy (non-hydrogen) atoms. The number of para-hydroxylation sites is 1. The van der Waals surface area contributed by atoms with Crippen LogP contribution < -0.4 is 10.3 Å². The van der Waals surface area contributed by atoms with E-state index in [1.165, 1.54) is 10.6 Å². The molecular formula is C22H19ClN2O4. The molecule has 0 N–H and O–H groups in total. The summed E-state index contributed by atoms with van der Waals surface area (Å²) in [4.78, 5) is 29.1. The smallest absolute Gasteiger partial charge is 0.330 e. The molecule has 0 amide bonds. The first-order valence-corrected chi connectivity index (χ1v) is 9.30. The lowest BCUT2D eigenvalue weighted by molar-refractivity contribution is -0.137. The van der Waals surface area contributed by atoms with E-state index in [0.29, 0.717) is 22.7 Å². The number of hydrogen-bond donors (Lipinski definition) is 0. The van der Waals surface area contributed by atoms with Gasteiger partial charge in [0, 0.05) is 17.3 Å². The molecule has 148 valence electrons. The van der Waals surface area contributed by atoms with Crippen molar-refractivity contribution in [1.29, 1.82) is 0 Å².